The van der Waals surface area contributed by atoms with Gasteiger partial charge in [0.05, 0.1) is 34.6 Å². The third-order valence-electron chi connectivity index (χ3n) is 14.9. The molecule has 84 heavy (non-hydrogen) atoms. The Morgan fingerprint density at radius 3 is 2.33 bits per heavy atom. The molecule has 0 radical (unpaired) electrons. The van der Waals surface area contributed by atoms with Gasteiger partial charge in [0.2, 0.25) is 11.5 Å². The van der Waals surface area contributed by atoms with Crippen molar-refractivity contribution in [1.82, 2.24) is 24.4 Å². The van der Waals surface area contributed by atoms with Crippen LogP contribution in [0.4, 0.5) is 10.5 Å². The van der Waals surface area contributed by atoms with Crippen LogP contribution in [0.1, 0.15) is 138 Å². The molecule has 3 aromatic heterocycles. The maximum absolute atomic E-state index is 14.4. The molecule has 7 rings (SSSR count). The summed E-state index contributed by atoms with van der Waals surface area (Å²) in [6, 6.07) is 16.4. The van der Waals surface area contributed by atoms with E-state index in [1.54, 1.807) is 54.2 Å². The van der Waals surface area contributed by atoms with E-state index in [0.29, 0.717) is 118 Å². The number of esters is 1. The number of pyridine rings is 2. The van der Waals surface area contributed by atoms with E-state index in [1.165, 1.54) is 11.8 Å². The molecule has 0 aliphatic carbocycles. The minimum atomic E-state index is -1.99. The summed E-state index contributed by atoms with van der Waals surface area (Å²) >= 11 is 1.46. The van der Waals surface area contributed by atoms with Crippen LogP contribution in [0.15, 0.2) is 89.2 Å². The first kappa shape index (κ1) is 64.0. The van der Waals surface area contributed by atoms with Crippen molar-refractivity contribution in [2.45, 2.75) is 148 Å². The first-order chi connectivity index (χ1) is 40.5. The Morgan fingerprint density at radius 1 is 0.917 bits per heavy atom. The number of benzene rings is 2. The first-order valence-electron chi connectivity index (χ1n) is 28.8. The molecule has 0 bridgehead atoms. The largest absolute Gasteiger partial charge is 0.510 e. The van der Waals surface area contributed by atoms with Crippen LogP contribution in [0.25, 0.3) is 22.3 Å². The van der Waals surface area contributed by atoms with E-state index in [-0.39, 0.29) is 98.2 Å². The first-order valence-corrected chi connectivity index (χ1v) is 30.1. The summed E-state index contributed by atoms with van der Waals surface area (Å²) in [6.45, 7) is 13.1. The molecule has 0 spiro atoms. The predicted molar refractivity (Wildman–Crippen MR) is 320 cm³/mol. The highest BCUT2D eigenvalue weighted by molar-refractivity contribution is 7.98. The van der Waals surface area contributed by atoms with Gasteiger partial charge < -0.3 is 44.2 Å². The Labute approximate surface area is 495 Å². The lowest BCUT2D eigenvalue weighted by Crippen LogP contribution is -2.47. The van der Waals surface area contributed by atoms with E-state index in [1.807, 2.05) is 37.4 Å². The Morgan fingerprint density at radius 2 is 1.63 bits per heavy atom. The highest BCUT2D eigenvalue weighted by Gasteiger charge is 2.51. The number of para-hydroxylation sites is 1. The maximum Gasteiger partial charge on any atom is 0.510 e. The molecule has 20 heteroatoms. The van der Waals surface area contributed by atoms with Crippen LogP contribution >= 0.6 is 11.8 Å². The summed E-state index contributed by atoms with van der Waals surface area (Å²) < 4.78 is 29.7. The van der Waals surface area contributed by atoms with Crippen molar-refractivity contribution >= 4 is 63.7 Å². The van der Waals surface area contributed by atoms with Crippen LogP contribution in [0.2, 0.25) is 0 Å². The molecule has 0 fully saturated rings. The van der Waals surface area contributed by atoms with Crippen molar-refractivity contribution in [3.05, 3.63) is 123 Å². The zero-order valence-electron chi connectivity index (χ0n) is 48.9. The number of fused-ring (bicyclic) bond motifs is 5. The van der Waals surface area contributed by atoms with Crippen molar-refractivity contribution in [2.75, 3.05) is 51.1 Å². The van der Waals surface area contributed by atoms with Crippen molar-refractivity contribution in [3.8, 4) is 23.2 Å². The van der Waals surface area contributed by atoms with Gasteiger partial charge in [0, 0.05) is 104 Å². The monoisotopic (exact) mass is 1170 g/mol. The Hall–Kier alpha value is -7.57. The number of ether oxygens (including phenoxy) is 5. The number of thioether (sulfide) groups is 1. The fourth-order valence-electron chi connectivity index (χ4n) is 10.5. The molecule has 3 N–H and O–H groups in total. The topological polar surface area (TPSA) is 251 Å². The molecular weight excluding hydrogens is 1090 g/mol. The minimum Gasteiger partial charge on any atom is -0.457 e. The number of cyclic esters (lactones) is 1. The summed E-state index contributed by atoms with van der Waals surface area (Å²) in [4.78, 5) is 109. The third-order valence-corrected chi connectivity index (χ3v) is 15.5. The van der Waals surface area contributed by atoms with Crippen LogP contribution in [-0.2, 0) is 79.4 Å². The highest BCUT2D eigenvalue weighted by atomic mass is 32.2. The number of nitrogens with one attached hydrogen (secondary N) is 1. The number of amides is 1. The number of carbonyl (C=O) groups is 6. The molecule has 5 heterocycles. The van der Waals surface area contributed by atoms with Gasteiger partial charge in [0.25, 0.3) is 5.56 Å². The highest BCUT2D eigenvalue weighted by Crippen LogP contribution is 2.42. The molecule has 5 aromatic rings. The number of carbonyl (C=O) groups excluding carboxylic acids is 6. The van der Waals surface area contributed by atoms with E-state index in [0.717, 1.165) is 33.3 Å². The van der Waals surface area contributed by atoms with Crippen molar-refractivity contribution in [2.24, 2.45) is 11.7 Å². The fraction of sp³-hybridized carbons (Fsp3) is 0.469. The molecule has 19 nitrogen and oxygen atoms in total. The van der Waals surface area contributed by atoms with Gasteiger partial charge in [-0.3, -0.25) is 24.0 Å². The molecule has 2 aromatic carbocycles. The second kappa shape index (κ2) is 31.4. The zero-order valence-corrected chi connectivity index (χ0v) is 49.7. The lowest BCUT2D eigenvalue weighted by Gasteiger charge is -2.35. The summed E-state index contributed by atoms with van der Waals surface area (Å²) in [6.07, 6.45) is 9.76. The third kappa shape index (κ3) is 17.0. The number of Topliss-reactive ketones (excluding diaryl/α,β-unsaturated/α-hetero) is 3. The quantitative estimate of drug-likeness (QED) is 0.0128. The number of hydrogen-bond acceptors (Lipinski definition) is 18. The second-order valence-corrected chi connectivity index (χ2v) is 22.1. The Kier molecular flexibility index (Phi) is 23.9. The number of anilines is 1. The number of rotatable bonds is 33. The van der Waals surface area contributed by atoms with Crippen LogP contribution in [0.3, 0.4) is 0 Å². The molecule has 1 amide bonds. The van der Waals surface area contributed by atoms with E-state index in [4.69, 9.17) is 34.4 Å². The maximum atomic E-state index is 14.4. The fourth-order valence-corrected chi connectivity index (χ4v) is 10.8. The summed E-state index contributed by atoms with van der Waals surface area (Å²) in [5.74, 6) is 3.83. The number of nitrogens with zero attached hydrogens (tertiary/aromatic N) is 5. The average Bonchev–Trinajstić information content (AvgIpc) is 1.77. The van der Waals surface area contributed by atoms with Gasteiger partial charge in [-0.2, -0.15) is 0 Å². The van der Waals surface area contributed by atoms with Gasteiger partial charge in [0.1, 0.15) is 32.2 Å². The van der Waals surface area contributed by atoms with E-state index in [9.17, 15) is 33.6 Å². The van der Waals surface area contributed by atoms with Gasteiger partial charge in [-0.1, -0.05) is 73.9 Å². The van der Waals surface area contributed by atoms with E-state index in [2.05, 4.69) is 52.5 Å². The molecular formula is C64H77N7O12S. The molecule has 0 saturated heterocycles. The molecule has 2 aliphatic rings. The minimum absolute atomic E-state index is 0.0530. The Balaban J connectivity index is 0.852. The van der Waals surface area contributed by atoms with Gasteiger partial charge in [0.15, 0.2) is 16.7 Å². The van der Waals surface area contributed by atoms with Crippen molar-refractivity contribution in [1.29, 1.82) is 0 Å². The molecule has 0 saturated carbocycles. The van der Waals surface area contributed by atoms with Crippen molar-refractivity contribution in [3.63, 3.8) is 0 Å². The summed E-state index contributed by atoms with van der Waals surface area (Å²) in [5, 5.41) is 4.56. The van der Waals surface area contributed by atoms with Crippen LogP contribution in [0, 0.1) is 17.8 Å². The summed E-state index contributed by atoms with van der Waals surface area (Å²) in [7, 11) is 0. The number of nitrogens with two attached hydrogens (primary N) is 1. The van der Waals surface area contributed by atoms with Gasteiger partial charge in [-0.15, -0.1) is 0 Å². The van der Waals surface area contributed by atoms with Gasteiger partial charge in [-0.05, 0) is 114 Å². The zero-order chi connectivity index (χ0) is 60.2. The second-order valence-electron chi connectivity index (χ2n) is 21.3. The van der Waals surface area contributed by atoms with Gasteiger partial charge >= 0.3 is 12.1 Å². The normalized spacial score (nSPS) is 14.3. The summed E-state index contributed by atoms with van der Waals surface area (Å²) in [5.41, 5.74) is 10.4. The van der Waals surface area contributed by atoms with Crippen molar-refractivity contribution < 1.29 is 52.5 Å². The number of allylic oxidation sites excluding steroid dienone is 1. The van der Waals surface area contributed by atoms with E-state index >= 15 is 0 Å². The molecule has 2 atom stereocenters. The number of ketones is 3. The predicted octanol–water partition coefficient (Wildman–Crippen LogP) is 9.34. The number of unbranched alkanes of at least 4 members (excludes halogenated alkanes) is 2. The smallest absolute Gasteiger partial charge is 0.457 e. The van der Waals surface area contributed by atoms with Crippen LogP contribution < -0.4 is 16.6 Å². The standard InChI is InChI=1S/C64H77N7O12S/c1-7-64(55-34-57-58-53(37-71(57)60(76)54(55)41-81-61(64)77)51(28-30-70(42(2)3)43(4)5)52-22-11-12-23-56(52)69-58)83-63(78)82-38-44-24-26-47(27-25-44)68-59(75)46(18-13-14-29-65)33-50(74)40-80-39-49(73)21-16-32-79-31-15-20-48(72)19-10-8-9-17-45-35-66-62(84-6)67-36-45/h11-12,22-27,34-36,43,46H,2,7-8,10,13-16,18-21,28-33,37-41,65H2,1,3-6H3,(H,68,75)/t46-,64+/m1/s1. The Bertz CT molecular complexity index is 3300. The van der Waals surface area contributed by atoms with Crippen LogP contribution in [-0.4, -0.2) is 112 Å². The lowest BCUT2D eigenvalue weighted by molar-refractivity contribution is -0.175. The van der Waals surface area contributed by atoms with Gasteiger partial charge in [-0.25, -0.2) is 24.5 Å². The van der Waals surface area contributed by atoms with E-state index < -0.39 is 23.6 Å². The molecule has 0 unspecified atom stereocenters. The number of hydrogen-bond donors (Lipinski definition) is 2. The molecule has 446 valence electrons. The lowest BCUT2D eigenvalue weighted by atomic mass is 9.85. The average molecular weight is 1170 g/mol. The molecule has 2 aliphatic heterocycles. The number of aromatic nitrogens is 4. The SMILES string of the molecule is C=C(C)N(CCc1c2c(nc3ccccc13)-c1cc3c(c(=O)n1C2)COC(=O)[C@@]3(CC)OC(=O)OCc1ccc(NC(=O)[C@H](CCCCN)CC(=O)COCC(=O)CCCOCCCC(=O)CCCC#Cc2cnc(SC)nc2)cc1)C(C)C. The van der Waals surface area contributed by atoms with Crippen LogP contribution in [0.5, 0.6) is 0 Å².